The van der Waals surface area contributed by atoms with E-state index in [1.807, 2.05) is 55.5 Å². The maximum atomic E-state index is 13.5. The van der Waals surface area contributed by atoms with Crippen LogP contribution in [-0.2, 0) is 21.5 Å². The number of nitrogens with one attached hydrogen (secondary N) is 1. The Labute approximate surface area is 192 Å². The molecule has 2 heterocycles. The van der Waals surface area contributed by atoms with Crippen molar-refractivity contribution in [1.29, 1.82) is 0 Å². The van der Waals surface area contributed by atoms with Crippen molar-refractivity contribution in [2.45, 2.75) is 37.8 Å². The summed E-state index contributed by atoms with van der Waals surface area (Å²) >= 11 is 0. The van der Waals surface area contributed by atoms with Gasteiger partial charge in [-0.2, -0.15) is 0 Å². The number of amides is 4. The number of urea groups is 1. The fourth-order valence-electron chi connectivity index (χ4n) is 5.00. The van der Waals surface area contributed by atoms with Crippen LogP contribution in [0.2, 0.25) is 0 Å². The van der Waals surface area contributed by atoms with Crippen LogP contribution in [0, 0.1) is 0 Å². The monoisotopic (exact) mass is 449 g/mol. The van der Waals surface area contributed by atoms with Crippen LogP contribution in [0.25, 0.3) is 0 Å². The molecule has 8 nitrogen and oxygen atoms in total. The van der Waals surface area contributed by atoms with Crippen molar-refractivity contribution < 1.29 is 23.9 Å². The van der Waals surface area contributed by atoms with E-state index in [4.69, 9.17) is 9.47 Å². The van der Waals surface area contributed by atoms with Gasteiger partial charge >= 0.3 is 6.03 Å². The first-order valence-corrected chi connectivity index (χ1v) is 11.4. The fourth-order valence-corrected chi connectivity index (χ4v) is 5.00. The minimum atomic E-state index is -1.08. The number of carbonyl (C=O) groups excluding carboxylic acids is 3. The number of imide groups is 1. The van der Waals surface area contributed by atoms with Crippen LogP contribution < -0.4 is 14.8 Å². The molecule has 3 aliphatic rings. The first-order chi connectivity index (χ1) is 16.0. The molecular weight excluding hydrogens is 422 g/mol. The van der Waals surface area contributed by atoms with Crippen LogP contribution in [-0.4, -0.2) is 60.0 Å². The number of para-hydroxylation sites is 2. The second-order valence-corrected chi connectivity index (χ2v) is 8.67. The SMILES string of the molecule is CCN(CC1COc2ccccc2O1)C(=O)CN1C(=O)NC2(CCCc3ccccc32)C1=O. The van der Waals surface area contributed by atoms with E-state index in [0.717, 1.165) is 28.9 Å². The van der Waals surface area contributed by atoms with Gasteiger partial charge < -0.3 is 19.7 Å². The summed E-state index contributed by atoms with van der Waals surface area (Å²) in [5.41, 5.74) is 0.826. The number of nitrogens with zero attached hydrogens (tertiary/aromatic N) is 2. The second-order valence-electron chi connectivity index (χ2n) is 8.67. The van der Waals surface area contributed by atoms with Gasteiger partial charge in [-0.3, -0.25) is 14.5 Å². The van der Waals surface area contributed by atoms with Crippen molar-refractivity contribution >= 4 is 17.8 Å². The first-order valence-electron chi connectivity index (χ1n) is 11.4. The van der Waals surface area contributed by atoms with Gasteiger partial charge in [0.15, 0.2) is 17.6 Å². The third-order valence-electron chi connectivity index (χ3n) is 6.67. The highest BCUT2D eigenvalue weighted by Crippen LogP contribution is 2.40. The smallest absolute Gasteiger partial charge is 0.325 e. The molecule has 1 aliphatic carbocycles. The van der Waals surface area contributed by atoms with E-state index >= 15 is 0 Å². The molecule has 172 valence electrons. The van der Waals surface area contributed by atoms with E-state index in [1.165, 1.54) is 0 Å². The molecule has 2 aliphatic heterocycles. The molecular formula is C25H27N3O5. The largest absolute Gasteiger partial charge is 0.486 e. The molecule has 2 aromatic carbocycles. The van der Waals surface area contributed by atoms with Gasteiger partial charge in [-0.25, -0.2) is 4.79 Å². The molecule has 1 spiro atoms. The zero-order valence-corrected chi connectivity index (χ0v) is 18.6. The van der Waals surface area contributed by atoms with Crippen LogP contribution >= 0.6 is 0 Å². The van der Waals surface area contributed by atoms with E-state index in [9.17, 15) is 14.4 Å². The lowest BCUT2D eigenvalue weighted by Gasteiger charge is -2.33. The molecule has 0 aromatic heterocycles. The number of fused-ring (bicyclic) bond motifs is 3. The summed E-state index contributed by atoms with van der Waals surface area (Å²) in [5.74, 6) is 0.671. The highest BCUT2D eigenvalue weighted by molar-refractivity contribution is 6.09. The zero-order chi connectivity index (χ0) is 23.0. The molecule has 0 bridgehead atoms. The summed E-state index contributed by atoms with van der Waals surface area (Å²) in [4.78, 5) is 42.0. The number of rotatable bonds is 5. The van der Waals surface area contributed by atoms with Crippen molar-refractivity contribution in [2.75, 3.05) is 26.2 Å². The number of ether oxygens (including phenoxy) is 2. The van der Waals surface area contributed by atoms with Crippen LogP contribution in [0.15, 0.2) is 48.5 Å². The Morgan fingerprint density at radius 3 is 2.73 bits per heavy atom. The van der Waals surface area contributed by atoms with Gasteiger partial charge in [-0.05, 0) is 49.4 Å². The van der Waals surface area contributed by atoms with Crippen LogP contribution in [0.3, 0.4) is 0 Å². The lowest BCUT2D eigenvalue weighted by atomic mass is 9.76. The van der Waals surface area contributed by atoms with Crippen molar-refractivity contribution in [3.8, 4) is 11.5 Å². The molecule has 1 fully saturated rings. The normalized spacial score (nSPS) is 23.3. The quantitative estimate of drug-likeness (QED) is 0.709. The molecule has 8 heteroatoms. The zero-order valence-electron chi connectivity index (χ0n) is 18.6. The van der Waals surface area contributed by atoms with Crippen LogP contribution in [0.1, 0.15) is 30.9 Å². The van der Waals surface area contributed by atoms with Crippen molar-refractivity contribution in [3.05, 3.63) is 59.7 Å². The molecule has 2 unspecified atom stereocenters. The molecule has 0 radical (unpaired) electrons. The minimum absolute atomic E-state index is 0.299. The summed E-state index contributed by atoms with van der Waals surface area (Å²) < 4.78 is 11.7. The number of benzene rings is 2. The Balaban J connectivity index is 1.28. The van der Waals surface area contributed by atoms with Crippen molar-refractivity contribution in [3.63, 3.8) is 0 Å². The summed E-state index contributed by atoms with van der Waals surface area (Å²) in [6.45, 7) is 2.62. The van der Waals surface area contributed by atoms with E-state index in [1.54, 1.807) is 4.90 Å². The summed E-state index contributed by atoms with van der Waals surface area (Å²) in [6, 6.07) is 14.6. The van der Waals surface area contributed by atoms with E-state index in [-0.39, 0.29) is 24.5 Å². The van der Waals surface area contributed by atoms with Crippen LogP contribution in [0.4, 0.5) is 4.79 Å². The summed E-state index contributed by atoms with van der Waals surface area (Å²) in [5, 5.41) is 2.90. The number of hydrogen-bond donors (Lipinski definition) is 1. The van der Waals surface area contributed by atoms with Gasteiger partial charge in [0, 0.05) is 6.54 Å². The average molecular weight is 450 g/mol. The highest BCUT2D eigenvalue weighted by atomic mass is 16.6. The molecule has 1 N–H and O–H groups in total. The fraction of sp³-hybridized carbons (Fsp3) is 0.400. The van der Waals surface area contributed by atoms with Gasteiger partial charge in [0.1, 0.15) is 18.7 Å². The molecule has 5 rings (SSSR count). The Morgan fingerprint density at radius 1 is 1.15 bits per heavy atom. The number of hydrogen-bond acceptors (Lipinski definition) is 5. The Hall–Kier alpha value is -3.55. The van der Waals surface area contributed by atoms with E-state index in [2.05, 4.69) is 5.32 Å². The molecule has 0 saturated carbocycles. The lowest BCUT2D eigenvalue weighted by Crippen LogP contribution is -2.49. The molecule has 2 atom stereocenters. The molecule has 1 saturated heterocycles. The number of aryl methyl sites for hydroxylation is 1. The second kappa shape index (κ2) is 8.42. The Kier molecular flexibility index (Phi) is 5.44. The van der Waals surface area contributed by atoms with Crippen molar-refractivity contribution in [2.24, 2.45) is 0 Å². The number of likely N-dealkylation sites (N-methyl/N-ethyl adjacent to an activating group) is 1. The van der Waals surface area contributed by atoms with E-state index in [0.29, 0.717) is 37.6 Å². The van der Waals surface area contributed by atoms with Gasteiger partial charge in [0.2, 0.25) is 5.91 Å². The standard InChI is InChI=1S/C25H27N3O5/c1-2-27(14-18-16-32-20-11-5-6-12-21(20)33-18)22(29)15-28-23(30)25(26-24(28)31)13-7-9-17-8-3-4-10-19(17)25/h3-6,8,10-12,18H,2,7,9,13-16H2,1H3,(H,26,31). The Morgan fingerprint density at radius 2 is 1.91 bits per heavy atom. The number of carbonyl (C=O) groups is 3. The van der Waals surface area contributed by atoms with Crippen molar-refractivity contribution in [1.82, 2.24) is 15.1 Å². The Bertz CT molecular complexity index is 1100. The average Bonchev–Trinajstić information content (AvgIpc) is 3.07. The van der Waals surface area contributed by atoms with Gasteiger partial charge in [-0.15, -0.1) is 0 Å². The topological polar surface area (TPSA) is 88.2 Å². The first kappa shape index (κ1) is 21.3. The summed E-state index contributed by atoms with van der Waals surface area (Å²) in [6.07, 6.45) is 1.87. The van der Waals surface area contributed by atoms with Gasteiger partial charge in [0.05, 0.1) is 6.54 Å². The van der Waals surface area contributed by atoms with Crippen LogP contribution in [0.5, 0.6) is 11.5 Å². The minimum Gasteiger partial charge on any atom is -0.486 e. The van der Waals surface area contributed by atoms with Gasteiger partial charge in [-0.1, -0.05) is 36.4 Å². The lowest BCUT2D eigenvalue weighted by molar-refractivity contribution is -0.140. The highest BCUT2D eigenvalue weighted by Gasteiger charge is 2.54. The third kappa shape index (κ3) is 3.69. The molecule has 4 amide bonds. The summed E-state index contributed by atoms with van der Waals surface area (Å²) in [7, 11) is 0. The maximum Gasteiger partial charge on any atom is 0.325 e. The molecule has 33 heavy (non-hydrogen) atoms. The predicted molar refractivity (Wildman–Crippen MR) is 120 cm³/mol. The van der Waals surface area contributed by atoms with Gasteiger partial charge in [0.25, 0.3) is 5.91 Å². The predicted octanol–water partition coefficient (Wildman–Crippen LogP) is 2.46. The maximum absolute atomic E-state index is 13.5. The molecule has 2 aromatic rings. The third-order valence-corrected chi connectivity index (χ3v) is 6.67. The van der Waals surface area contributed by atoms with E-state index < -0.39 is 11.6 Å².